The van der Waals surface area contributed by atoms with Gasteiger partial charge < -0.3 is 4.42 Å². The average Bonchev–Trinajstić information content (AvgIpc) is 2.68. The van der Waals surface area contributed by atoms with Crippen LogP contribution < -0.4 is 5.43 Å². The monoisotopic (exact) mass is 238 g/mol. The Morgan fingerprint density at radius 1 is 1.17 bits per heavy atom. The lowest BCUT2D eigenvalue weighted by atomic mass is 10.1. The third-order valence-corrected chi connectivity index (χ3v) is 3.33. The Balaban J connectivity index is 2.21. The third-order valence-electron chi connectivity index (χ3n) is 3.33. The Bertz CT molecular complexity index is 745. The molecule has 1 aliphatic rings. The van der Waals surface area contributed by atoms with Crippen LogP contribution in [0.25, 0.3) is 16.5 Å². The van der Waals surface area contributed by atoms with Gasteiger partial charge in [0, 0.05) is 11.6 Å². The van der Waals surface area contributed by atoms with Crippen LogP contribution in [0.4, 0.5) is 0 Å². The van der Waals surface area contributed by atoms with Crippen molar-refractivity contribution in [3.63, 3.8) is 0 Å². The summed E-state index contributed by atoms with van der Waals surface area (Å²) >= 11 is 0. The zero-order valence-electron chi connectivity index (χ0n) is 10.5. The van der Waals surface area contributed by atoms with Gasteiger partial charge in [0.2, 0.25) is 0 Å². The summed E-state index contributed by atoms with van der Waals surface area (Å²) in [6.07, 6.45) is 3.01. The van der Waals surface area contributed by atoms with Crippen molar-refractivity contribution in [3.8, 4) is 0 Å². The van der Waals surface area contributed by atoms with Crippen molar-refractivity contribution < 1.29 is 4.42 Å². The maximum Gasteiger partial charge on any atom is 0.193 e. The van der Waals surface area contributed by atoms with Gasteiger partial charge in [0.25, 0.3) is 0 Å². The SMILES string of the molecule is CC1=CC(C)=C(c2cc(=O)c3ccccc3o2)C1. The molecule has 0 saturated heterocycles. The zero-order chi connectivity index (χ0) is 12.7. The predicted molar refractivity (Wildman–Crippen MR) is 73.5 cm³/mol. The third kappa shape index (κ3) is 1.70. The number of allylic oxidation sites excluding steroid dienone is 4. The summed E-state index contributed by atoms with van der Waals surface area (Å²) in [5, 5.41) is 0.641. The van der Waals surface area contributed by atoms with Gasteiger partial charge >= 0.3 is 0 Å². The molecule has 0 atom stereocenters. The molecule has 0 bridgehead atoms. The number of hydrogen-bond donors (Lipinski definition) is 0. The van der Waals surface area contributed by atoms with Crippen molar-refractivity contribution in [2.75, 3.05) is 0 Å². The molecule has 0 unspecified atom stereocenters. The van der Waals surface area contributed by atoms with Gasteiger partial charge in [-0.15, -0.1) is 0 Å². The minimum absolute atomic E-state index is 0.0247. The van der Waals surface area contributed by atoms with E-state index in [1.165, 1.54) is 11.1 Å². The number of hydrogen-bond acceptors (Lipinski definition) is 2. The molecular weight excluding hydrogens is 224 g/mol. The summed E-state index contributed by atoms with van der Waals surface area (Å²) in [6, 6.07) is 8.97. The minimum Gasteiger partial charge on any atom is -0.456 e. The molecule has 0 N–H and O–H groups in total. The quantitative estimate of drug-likeness (QED) is 0.753. The molecule has 0 saturated carbocycles. The molecule has 2 aromatic rings. The first-order valence-electron chi connectivity index (χ1n) is 6.05. The molecule has 0 aliphatic heterocycles. The molecule has 2 heteroatoms. The lowest BCUT2D eigenvalue weighted by Gasteiger charge is -2.05. The van der Waals surface area contributed by atoms with Crippen LogP contribution in [-0.4, -0.2) is 0 Å². The molecule has 1 heterocycles. The van der Waals surface area contributed by atoms with E-state index >= 15 is 0 Å². The van der Waals surface area contributed by atoms with Gasteiger partial charge in [0.05, 0.1) is 5.39 Å². The Morgan fingerprint density at radius 2 is 1.94 bits per heavy atom. The highest BCUT2D eigenvalue weighted by Gasteiger charge is 2.15. The highest BCUT2D eigenvalue weighted by atomic mass is 16.3. The second-order valence-electron chi connectivity index (χ2n) is 4.80. The molecule has 0 fully saturated rings. The van der Waals surface area contributed by atoms with Crippen molar-refractivity contribution in [2.45, 2.75) is 20.3 Å². The zero-order valence-corrected chi connectivity index (χ0v) is 10.5. The topological polar surface area (TPSA) is 30.2 Å². The molecule has 0 radical (unpaired) electrons. The van der Waals surface area contributed by atoms with Crippen LogP contribution in [0, 0.1) is 0 Å². The van der Waals surface area contributed by atoms with E-state index in [2.05, 4.69) is 19.9 Å². The molecular formula is C16H14O2. The number of benzene rings is 1. The van der Waals surface area contributed by atoms with Gasteiger partial charge in [-0.3, -0.25) is 4.79 Å². The van der Waals surface area contributed by atoms with Crippen molar-refractivity contribution in [2.24, 2.45) is 0 Å². The van der Waals surface area contributed by atoms with Gasteiger partial charge in [0.1, 0.15) is 11.3 Å². The first-order chi connectivity index (χ1) is 8.65. The van der Waals surface area contributed by atoms with E-state index in [0.29, 0.717) is 16.7 Å². The molecule has 1 aromatic carbocycles. The fourth-order valence-electron chi connectivity index (χ4n) is 2.46. The smallest absolute Gasteiger partial charge is 0.193 e. The van der Waals surface area contributed by atoms with E-state index in [4.69, 9.17) is 4.42 Å². The van der Waals surface area contributed by atoms with Crippen molar-refractivity contribution in [1.29, 1.82) is 0 Å². The van der Waals surface area contributed by atoms with E-state index in [1.807, 2.05) is 18.2 Å². The van der Waals surface area contributed by atoms with Gasteiger partial charge in [-0.25, -0.2) is 0 Å². The van der Waals surface area contributed by atoms with E-state index in [0.717, 1.165) is 12.0 Å². The molecule has 2 nitrogen and oxygen atoms in total. The fraction of sp³-hybridized carbons (Fsp3) is 0.188. The second kappa shape index (κ2) is 3.98. The lowest BCUT2D eigenvalue weighted by Crippen LogP contribution is -2.01. The summed E-state index contributed by atoms with van der Waals surface area (Å²) in [6.45, 7) is 4.15. The molecule has 3 rings (SSSR count). The van der Waals surface area contributed by atoms with E-state index in [1.54, 1.807) is 12.1 Å². The predicted octanol–water partition coefficient (Wildman–Crippen LogP) is 3.92. The van der Waals surface area contributed by atoms with Crippen molar-refractivity contribution in [3.05, 3.63) is 63.5 Å². The molecule has 18 heavy (non-hydrogen) atoms. The first-order valence-corrected chi connectivity index (χ1v) is 6.05. The van der Waals surface area contributed by atoms with Gasteiger partial charge in [0.15, 0.2) is 5.43 Å². The largest absolute Gasteiger partial charge is 0.456 e. The van der Waals surface area contributed by atoms with Crippen LogP contribution in [0.5, 0.6) is 0 Å². The summed E-state index contributed by atoms with van der Waals surface area (Å²) in [7, 11) is 0. The summed E-state index contributed by atoms with van der Waals surface area (Å²) < 4.78 is 5.85. The van der Waals surface area contributed by atoms with E-state index in [9.17, 15) is 4.79 Å². The summed E-state index contributed by atoms with van der Waals surface area (Å²) in [4.78, 5) is 12.0. The fourth-order valence-corrected chi connectivity index (χ4v) is 2.46. The van der Waals surface area contributed by atoms with Crippen LogP contribution in [0.1, 0.15) is 26.0 Å². The minimum atomic E-state index is 0.0247. The van der Waals surface area contributed by atoms with Crippen LogP contribution >= 0.6 is 0 Å². The Labute approximate surface area is 105 Å². The van der Waals surface area contributed by atoms with Crippen LogP contribution in [0.2, 0.25) is 0 Å². The Hall–Kier alpha value is -2.09. The first kappa shape index (κ1) is 11.0. The number of fused-ring (bicyclic) bond motifs is 1. The highest BCUT2D eigenvalue weighted by molar-refractivity contribution is 5.80. The van der Waals surface area contributed by atoms with Crippen LogP contribution in [0.15, 0.2) is 56.8 Å². The summed E-state index contributed by atoms with van der Waals surface area (Å²) in [5.41, 5.74) is 4.29. The average molecular weight is 238 g/mol. The maximum atomic E-state index is 12.0. The van der Waals surface area contributed by atoms with Crippen molar-refractivity contribution in [1.82, 2.24) is 0 Å². The number of rotatable bonds is 1. The van der Waals surface area contributed by atoms with Crippen LogP contribution in [-0.2, 0) is 0 Å². The van der Waals surface area contributed by atoms with E-state index in [-0.39, 0.29) is 5.43 Å². The van der Waals surface area contributed by atoms with Gasteiger partial charge in [-0.05, 0) is 38.0 Å². The number of para-hydroxylation sites is 1. The normalized spacial score (nSPS) is 15.3. The van der Waals surface area contributed by atoms with Crippen LogP contribution in [0.3, 0.4) is 0 Å². The molecule has 1 aliphatic carbocycles. The lowest BCUT2D eigenvalue weighted by molar-refractivity contribution is 0.584. The standard InChI is InChI=1S/C16H14O2/c1-10-7-11(2)13(8-10)16-9-14(17)12-5-3-4-6-15(12)18-16/h3-7,9H,8H2,1-2H3. The highest BCUT2D eigenvalue weighted by Crippen LogP contribution is 2.33. The Kier molecular flexibility index (Phi) is 2.44. The molecule has 90 valence electrons. The maximum absolute atomic E-state index is 12.0. The van der Waals surface area contributed by atoms with Gasteiger partial charge in [-0.2, -0.15) is 0 Å². The van der Waals surface area contributed by atoms with E-state index < -0.39 is 0 Å². The Morgan fingerprint density at radius 3 is 2.67 bits per heavy atom. The van der Waals surface area contributed by atoms with Gasteiger partial charge in [-0.1, -0.05) is 23.8 Å². The van der Waals surface area contributed by atoms with Crippen molar-refractivity contribution >= 4 is 16.5 Å². The molecule has 0 spiro atoms. The molecule has 1 aromatic heterocycles. The summed E-state index contributed by atoms with van der Waals surface area (Å²) in [5.74, 6) is 0.698. The molecule has 0 amide bonds. The second-order valence-corrected chi connectivity index (χ2v) is 4.80.